The van der Waals surface area contributed by atoms with Crippen LogP contribution >= 0.6 is 0 Å². The fraction of sp³-hybridized carbons (Fsp3) is 0.579. The third-order valence-electron chi connectivity index (χ3n) is 4.50. The molecule has 0 saturated heterocycles. The zero-order valence-corrected chi connectivity index (χ0v) is 14.6. The molecule has 1 aliphatic rings. The van der Waals surface area contributed by atoms with E-state index in [1.165, 1.54) is 24.8 Å². The van der Waals surface area contributed by atoms with E-state index < -0.39 is 11.9 Å². The van der Waals surface area contributed by atoms with Gasteiger partial charge in [-0.2, -0.15) is 0 Å². The maximum Gasteiger partial charge on any atom is 0.344 e. The molecule has 0 amide bonds. The highest BCUT2D eigenvalue weighted by Gasteiger charge is 2.33. The third-order valence-corrected chi connectivity index (χ3v) is 4.50. The normalized spacial score (nSPS) is 24.2. The molecule has 0 radical (unpaired) electrons. The van der Waals surface area contributed by atoms with Gasteiger partial charge in [0.15, 0.2) is 6.61 Å². The zero-order valence-electron chi connectivity index (χ0n) is 14.6. The van der Waals surface area contributed by atoms with Gasteiger partial charge in [-0.1, -0.05) is 27.2 Å². The van der Waals surface area contributed by atoms with Crippen LogP contribution in [-0.4, -0.2) is 24.6 Å². The van der Waals surface area contributed by atoms with Crippen LogP contribution in [0.15, 0.2) is 28.9 Å². The van der Waals surface area contributed by atoms with Crippen molar-refractivity contribution in [3.8, 4) is 0 Å². The number of esters is 2. The smallest absolute Gasteiger partial charge is 0.344 e. The molecule has 0 spiro atoms. The monoisotopic (exact) mass is 334 g/mol. The van der Waals surface area contributed by atoms with Crippen LogP contribution < -0.4 is 0 Å². The summed E-state index contributed by atoms with van der Waals surface area (Å²) < 4.78 is 15.6. The predicted molar refractivity (Wildman–Crippen MR) is 89.9 cm³/mol. The lowest BCUT2D eigenvalue weighted by molar-refractivity contribution is -0.165. The molecule has 0 unspecified atom stereocenters. The molecule has 5 nitrogen and oxygen atoms in total. The van der Waals surface area contributed by atoms with E-state index in [9.17, 15) is 9.59 Å². The van der Waals surface area contributed by atoms with E-state index in [1.54, 1.807) is 12.1 Å². The second-order valence-electron chi connectivity index (χ2n) is 6.81. The van der Waals surface area contributed by atoms with E-state index >= 15 is 0 Å². The highest BCUT2D eigenvalue weighted by Crippen LogP contribution is 2.35. The molecule has 1 saturated carbocycles. The zero-order chi connectivity index (χ0) is 17.5. The lowest BCUT2D eigenvalue weighted by Gasteiger charge is -2.36. The molecular weight excluding hydrogens is 308 g/mol. The first kappa shape index (κ1) is 18.3. The number of rotatable bonds is 6. The van der Waals surface area contributed by atoms with Crippen molar-refractivity contribution >= 4 is 18.0 Å². The lowest BCUT2D eigenvalue weighted by Crippen LogP contribution is -2.36. The molecule has 1 fully saturated rings. The highest BCUT2D eigenvalue weighted by molar-refractivity contribution is 5.88. The molecule has 1 aromatic heterocycles. The molecule has 1 heterocycles. The molecular formula is C19H26O5. The van der Waals surface area contributed by atoms with Gasteiger partial charge in [0.25, 0.3) is 0 Å². The van der Waals surface area contributed by atoms with Gasteiger partial charge in [0.2, 0.25) is 0 Å². The van der Waals surface area contributed by atoms with Gasteiger partial charge in [0.1, 0.15) is 11.9 Å². The van der Waals surface area contributed by atoms with Crippen LogP contribution in [0.4, 0.5) is 0 Å². The van der Waals surface area contributed by atoms with Crippen molar-refractivity contribution in [2.75, 3.05) is 6.61 Å². The molecule has 0 aromatic carbocycles. The van der Waals surface area contributed by atoms with Gasteiger partial charge >= 0.3 is 11.9 Å². The summed E-state index contributed by atoms with van der Waals surface area (Å²) in [5.41, 5.74) is 0. The van der Waals surface area contributed by atoms with Gasteiger partial charge in [0.05, 0.1) is 6.26 Å². The molecule has 0 bridgehead atoms. The third kappa shape index (κ3) is 5.55. The van der Waals surface area contributed by atoms with E-state index in [0.29, 0.717) is 23.5 Å². The summed E-state index contributed by atoms with van der Waals surface area (Å²) in [6, 6.07) is 3.44. The Kier molecular flexibility index (Phi) is 6.64. The Morgan fingerprint density at radius 2 is 2.17 bits per heavy atom. The van der Waals surface area contributed by atoms with Gasteiger partial charge < -0.3 is 13.9 Å². The van der Waals surface area contributed by atoms with E-state index in [4.69, 9.17) is 13.9 Å². The predicted octanol–water partition coefficient (Wildman–Crippen LogP) is 3.84. The van der Waals surface area contributed by atoms with Crippen LogP contribution in [0.2, 0.25) is 0 Å². The summed E-state index contributed by atoms with van der Waals surface area (Å²) >= 11 is 0. The number of carbonyl (C=O) groups is 2. The number of carbonyl (C=O) groups excluding carboxylic acids is 2. The minimum atomic E-state index is -0.597. The molecule has 1 aromatic rings. The van der Waals surface area contributed by atoms with E-state index in [-0.39, 0.29) is 12.7 Å². The largest absolute Gasteiger partial charge is 0.465 e. The first-order valence-corrected chi connectivity index (χ1v) is 8.53. The summed E-state index contributed by atoms with van der Waals surface area (Å²) in [5.74, 6) is 0.858. The number of hydrogen-bond acceptors (Lipinski definition) is 5. The van der Waals surface area contributed by atoms with E-state index in [0.717, 1.165) is 12.8 Å². The molecule has 0 N–H and O–H groups in total. The van der Waals surface area contributed by atoms with Gasteiger partial charge in [-0.25, -0.2) is 9.59 Å². The summed E-state index contributed by atoms with van der Waals surface area (Å²) in [5, 5.41) is 0. The SMILES string of the molecule is CC(C)[C@@H]1CC[C@H](C)C[C@H]1OC(=O)COC(=O)/C=C/c1ccco1. The summed E-state index contributed by atoms with van der Waals surface area (Å²) in [6.45, 7) is 6.12. The second-order valence-corrected chi connectivity index (χ2v) is 6.81. The number of hydrogen-bond donors (Lipinski definition) is 0. The second kappa shape index (κ2) is 8.71. The maximum absolute atomic E-state index is 12.0. The first-order chi connectivity index (χ1) is 11.5. The standard InChI is InChI=1S/C19H26O5/c1-13(2)16-8-6-14(3)11-17(16)24-19(21)12-23-18(20)9-7-15-5-4-10-22-15/h4-5,7,9-10,13-14,16-17H,6,8,11-12H2,1-3H3/b9-7+/t14-,16-,17+/m0/s1. The summed E-state index contributed by atoms with van der Waals surface area (Å²) in [7, 11) is 0. The molecule has 0 aliphatic heterocycles. The molecule has 24 heavy (non-hydrogen) atoms. The molecule has 3 atom stereocenters. The topological polar surface area (TPSA) is 65.7 Å². The van der Waals surface area contributed by atoms with Crippen LogP contribution in [0.5, 0.6) is 0 Å². The van der Waals surface area contributed by atoms with Gasteiger partial charge in [-0.15, -0.1) is 0 Å². The van der Waals surface area contributed by atoms with Crippen LogP contribution in [-0.2, 0) is 19.1 Å². The maximum atomic E-state index is 12.0. The Morgan fingerprint density at radius 3 is 2.83 bits per heavy atom. The summed E-state index contributed by atoms with van der Waals surface area (Å²) in [6.07, 6.45) is 7.27. The number of ether oxygens (including phenoxy) is 2. The van der Waals surface area contributed by atoms with Crippen molar-refractivity contribution in [2.45, 2.75) is 46.1 Å². The summed E-state index contributed by atoms with van der Waals surface area (Å²) in [4.78, 5) is 23.6. The number of furan rings is 1. The van der Waals surface area contributed by atoms with Crippen molar-refractivity contribution in [3.63, 3.8) is 0 Å². The first-order valence-electron chi connectivity index (χ1n) is 8.53. The average molecular weight is 334 g/mol. The molecule has 5 heteroatoms. The molecule has 2 rings (SSSR count). The average Bonchev–Trinajstić information content (AvgIpc) is 3.04. The van der Waals surface area contributed by atoms with Crippen LogP contribution in [0.3, 0.4) is 0 Å². The Hall–Kier alpha value is -2.04. The van der Waals surface area contributed by atoms with Crippen LogP contribution in [0.1, 0.15) is 45.8 Å². The van der Waals surface area contributed by atoms with Gasteiger partial charge in [0, 0.05) is 6.08 Å². The van der Waals surface area contributed by atoms with Gasteiger partial charge in [-0.3, -0.25) is 0 Å². The van der Waals surface area contributed by atoms with Gasteiger partial charge in [-0.05, 0) is 48.8 Å². The Morgan fingerprint density at radius 1 is 1.38 bits per heavy atom. The Labute approximate surface area is 143 Å². The van der Waals surface area contributed by atoms with Crippen LogP contribution in [0.25, 0.3) is 6.08 Å². The fourth-order valence-corrected chi connectivity index (χ4v) is 3.17. The van der Waals surface area contributed by atoms with E-state index in [2.05, 4.69) is 20.8 Å². The molecule has 1 aliphatic carbocycles. The minimum Gasteiger partial charge on any atom is -0.465 e. The molecule has 132 valence electrons. The van der Waals surface area contributed by atoms with Crippen molar-refractivity contribution in [1.82, 2.24) is 0 Å². The Bertz CT molecular complexity index is 558. The highest BCUT2D eigenvalue weighted by atomic mass is 16.6. The van der Waals surface area contributed by atoms with Crippen molar-refractivity contribution < 1.29 is 23.5 Å². The Balaban J connectivity index is 1.78. The van der Waals surface area contributed by atoms with Crippen molar-refractivity contribution in [3.05, 3.63) is 30.2 Å². The van der Waals surface area contributed by atoms with Crippen LogP contribution in [0, 0.1) is 17.8 Å². The lowest BCUT2D eigenvalue weighted by atomic mass is 9.75. The minimum absolute atomic E-state index is 0.0846. The quantitative estimate of drug-likeness (QED) is 0.584. The fourth-order valence-electron chi connectivity index (χ4n) is 3.17. The van der Waals surface area contributed by atoms with Crippen molar-refractivity contribution in [1.29, 1.82) is 0 Å². The van der Waals surface area contributed by atoms with Crippen molar-refractivity contribution in [2.24, 2.45) is 17.8 Å². The van der Waals surface area contributed by atoms with E-state index in [1.807, 2.05) is 0 Å².